The van der Waals surface area contributed by atoms with Gasteiger partial charge in [-0.1, -0.05) is 123 Å². The summed E-state index contributed by atoms with van der Waals surface area (Å²) in [5, 5.41) is 0. The van der Waals surface area contributed by atoms with Crippen molar-refractivity contribution in [3.63, 3.8) is 0 Å². The van der Waals surface area contributed by atoms with E-state index in [0.29, 0.717) is 0 Å². The normalized spacial score (nSPS) is 6.63. The highest BCUT2D eigenvalue weighted by molar-refractivity contribution is 4.38. The molecule has 0 aromatic carbocycles. The molecule has 0 spiro atoms. The SMILES string of the molecule is C.C.C.CC.CCCC.CCCC.CCCC(C)C. The first-order chi connectivity index (χ1) is 7.60. The molecule has 0 saturated carbocycles. The molecule has 0 aromatic rings. The van der Waals surface area contributed by atoms with Crippen LogP contribution in [0.25, 0.3) is 0 Å². The molecule has 19 heavy (non-hydrogen) atoms. The highest BCUT2D eigenvalue weighted by atomic mass is 13.9. The molecule has 0 radical (unpaired) electrons. The van der Waals surface area contributed by atoms with Crippen LogP contribution in [0.4, 0.5) is 0 Å². The van der Waals surface area contributed by atoms with Crippen molar-refractivity contribution in [2.75, 3.05) is 0 Å². The predicted octanol–water partition coefficient (Wildman–Crippen LogP) is 8.99. The van der Waals surface area contributed by atoms with Gasteiger partial charge in [0.1, 0.15) is 0 Å². The first kappa shape index (κ1) is 42.8. The largest absolute Gasteiger partial charge is 0.0776 e. The zero-order valence-corrected chi connectivity index (χ0v) is 13.8. The average Bonchev–Trinajstić information content (AvgIpc) is 2.32. The summed E-state index contributed by atoms with van der Waals surface area (Å²) < 4.78 is 0. The Morgan fingerprint density at radius 2 is 0.737 bits per heavy atom. The third-order valence-corrected chi connectivity index (χ3v) is 1.87. The van der Waals surface area contributed by atoms with Gasteiger partial charge in [-0.05, 0) is 5.92 Å². The zero-order chi connectivity index (χ0) is 13.8. The molecule has 0 fully saturated rings. The van der Waals surface area contributed by atoms with Crippen LogP contribution in [0.2, 0.25) is 0 Å². The molecule has 0 rings (SSSR count). The van der Waals surface area contributed by atoms with Crippen LogP contribution in [0.1, 0.15) is 123 Å². The molecule has 0 saturated heterocycles. The molecular formula is C19H52. The van der Waals surface area contributed by atoms with Gasteiger partial charge in [0.25, 0.3) is 0 Å². The fraction of sp³-hybridized carbons (Fsp3) is 1.00. The maximum atomic E-state index is 2.25. The standard InChI is InChI=1S/C6H14.2C4H10.C2H6.3CH4/c1-4-5-6(2)3;2*1-3-4-2;1-2;;;/h6H,4-5H2,1-3H3;2*3-4H2,1-2H3;1-2H3;3*1H4. The minimum absolute atomic E-state index is 0. The van der Waals surface area contributed by atoms with E-state index in [1.165, 1.54) is 38.5 Å². The van der Waals surface area contributed by atoms with Crippen molar-refractivity contribution in [3.8, 4) is 0 Å². The van der Waals surface area contributed by atoms with Gasteiger partial charge in [-0.15, -0.1) is 0 Å². The second-order valence-corrected chi connectivity index (χ2v) is 4.18. The van der Waals surface area contributed by atoms with E-state index >= 15 is 0 Å². The molecule has 0 heteroatoms. The maximum Gasteiger partial charge on any atom is -0.0471 e. The van der Waals surface area contributed by atoms with Crippen molar-refractivity contribution < 1.29 is 0 Å². The lowest BCUT2D eigenvalue weighted by molar-refractivity contribution is 0.576. The van der Waals surface area contributed by atoms with Crippen molar-refractivity contribution in [1.82, 2.24) is 0 Å². The topological polar surface area (TPSA) is 0 Å². The van der Waals surface area contributed by atoms with Gasteiger partial charge in [-0.3, -0.25) is 0 Å². The van der Waals surface area contributed by atoms with Crippen LogP contribution in [0.5, 0.6) is 0 Å². The van der Waals surface area contributed by atoms with E-state index in [-0.39, 0.29) is 22.3 Å². The Hall–Kier alpha value is 0. The summed E-state index contributed by atoms with van der Waals surface area (Å²) in [7, 11) is 0. The van der Waals surface area contributed by atoms with Gasteiger partial charge >= 0.3 is 0 Å². The predicted molar refractivity (Wildman–Crippen MR) is 102 cm³/mol. The Morgan fingerprint density at radius 1 is 0.526 bits per heavy atom. The van der Waals surface area contributed by atoms with Crippen molar-refractivity contribution in [3.05, 3.63) is 0 Å². The Labute approximate surface area is 129 Å². The molecule has 0 aromatic heterocycles. The summed E-state index contributed by atoms with van der Waals surface area (Å²) in [5.74, 6) is 0.898. The molecule has 0 bridgehead atoms. The Kier molecular flexibility index (Phi) is 145. The van der Waals surface area contributed by atoms with Crippen LogP contribution in [0.3, 0.4) is 0 Å². The summed E-state index contributed by atoms with van der Waals surface area (Å²) in [6.07, 6.45) is 7.98. The van der Waals surface area contributed by atoms with E-state index < -0.39 is 0 Å². The third-order valence-electron chi connectivity index (χ3n) is 1.87. The summed E-state index contributed by atoms with van der Waals surface area (Å²) in [4.78, 5) is 0. The van der Waals surface area contributed by atoms with Crippen LogP contribution < -0.4 is 0 Å². The minimum atomic E-state index is 0. The van der Waals surface area contributed by atoms with Crippen molar-refractivity contribution in [1.29, 1.82) is 0 Å². The van der Waals surface area contributed by atoms with Crippen LogP contribution in [0.15, 0.2) is 0 Å². The first-order valence-corrected chi connectivity index (χ1v) is 7.60. The molecule has 128 valence electrons. The Morgan fingerprint density at radius 3 is 0.737 bits per heavy atom. The quantitative estimate of drug-likeness (QED) is 0.482. The number of unbranched alkanes of at least 4 members (excludes halogenated alkanes) is 2. The van der Waals surface area contributed by atoms with Gasteiger partial charge in [0.2, 0.25) is 0 Å². The van der Waals surface area contributed by atoms with E-state index in [9.17, 15) is 0 Å². The summed E-state index contributed by atoms with van der Waals surface area (Å²) >= 11 is 0. The summed E-state index contributed by atoms with van der Waals surface area (Å²) in [6.45, 7) is 19.5. The van der Waals surface area contributed by atoms with E-state index in [0.717, 1.165) is 5.92 Å². The van der Waals surface area contributed by atoms with E-state index in [4.69, 9.17) is 0 Å². The highest BCUT2D eigenvalue weighted by Gasteiger charge is 1.85. The molecule has 0 heterocycles. The van der Waals surface area contributed by atoms with E-state index in [1.807, 2.05) is 13.8 Å². The van der Waals surface area contributed by atoms with Gasteiger partial charge < -0.3 is 0 Å². The molecule has 0 nitrogen and oxygen atoms in total. The molecule has 0 N–H and O–H groups in total. The van der Waals surface area contributed by atoms with Gasteiger partial charge in [0, 0.05) is 0 Å². The first-order valence-electron chi connectivity index (χ1n) is 7.60. The lowest BCUT2D eigenvalue weighted by atomic mass is 10.1. The second kappa shape index (κ2) is 64.2. The monoisotopic (exact) mass is 280 g/mol. The van der Waals surface area contributed by atoms with Gasteiger partial charge in [-0.25, -0.2) is 0 Å². The zero-order valence-electron chi connectivity index (χ0n) is 13.8. The Bertz CT molecular complexity index is 47.1. The van der Waals surface area contributed by atoms with Crippen molar-refractivity contribution >= 4 is 0 Å². The van der Waals surface area contributed by atoms with Gasteiger partial charge in [0.05, 0.1) is 0 Å². The lowest BCUT2D eigenvalue weighted by Crippen LogP contribution is -1.81. The second-order valence-electron chi connectivity index (χ2n) is 4.18. The average molecular weight is 281 g/mol. The van der Waals surface area contributed by atoms with Crippen molar-refractivity contribution in [2.24, 2.45) is 5.92 Å². The summed E-state index contributed by atoms with van der Waals surface area (Å²) in [5.41, 5.74) is 0. The molecular weight excluding hydrogens is 228 g/mol. The van der Waals surface area contributed by atoms with E-state index in [1.54, 1.807) is 0 Å². The molecule has 0 aliphatic rings. The van der Waals surface area contributed by atoms with Crippen LogP contribution >= 0.6 is 0 Å². The number of rotatable bonds is 4. The lowest BCUT2D eigenvalue weighted by Gasteiger charge is -1.95. The number of hydrogen-bond acceptors (Lipinski definition) is 0. The minimum Gasteiger partial charge on any atom is -0.0776 e. The van der Waals surface area contributed by atoms with Crippen LogP contribution in [-0.4, -0.2) is 0 Å². The molecule has 0 aliphatic carbocycles. The maximum absolute atomic E-state index is 2.25. The fourth-order valence-electron chi connectivity index (χ4n) is 0.577. The van der Waals surface area contributed by atoms with Gasteiger partial charge in [-0.2, -0.15) is 0 Å². The smallest absolute Gasteiger partial charge is 0.0471 e. The molecule has 0 amide bonds. The van der Waals surface area contributed by atoms with E-state index in [2.05, 4.69) is 48.5 Å². The summed E-state index contributed by atoms with van der Waals surface area (Å²) in [6, 6.07) is 0. The molecule has 0 aliphatic heterocycles. The molecule has 0 atom stereocenters. The van der Waals surface area contributed by atoms with Gasteiger partial charge in [0.15, 0.2) is 0 Å². The van der Waals surface area contributed by atoms with Crippen molar-refractivity contribution in [2.45, 2.75) is 123 Å². The van der Waals surface area contributed by atoms with Crippen LogP contribution in [0, 0.1) is 5.92 Å². The number of hydrogen-bond donors (Lipinski definition) is 0. The van der Waals surface area contributed by atoms with Crippen LogP contribution in [-0.2, 0) is 0 Å². The highest BCUT2D eigenvalue weighted by Crippen LogP contribution is 2.00. The third kappa shape index (κ3) is 184. The Balaban J connectivity index is -0.0000000202. The molecule has 0 unspecified atom stereocenters. The fourth-order valence-corrected chi connectivity index (χ4v) is 0.577.